The molecule has 2 aliphatic rings. The number of carbonyl (C=O) groups is 3. The van der Waals surface area contributed by atoms with Crippen LogP contribution in [0.15, 0.2) is 18.2 Å². The summed E-state index contributed by atoms with van der Waals surface area (Å²) in [5.41, 5.74) is 1.04. The van der Waals surface area contributed by atoms with Crippen molar-refractivity contribution in [2.75, 3.05) is 18.4 Å². The highest BCUT2D eigenvalue weighted by Crippen LogP contribution is 2.27. The standard InChI is InChI=1S/C15H16FN3O3/c1-9-4-5-10(16)7-11(9)17-13(20)8-19-14(21)12-3-2-6-18(12)15(19)22/h4-5,7,12H,2-3,6,8H2,1H3,(H,17,20). The first-order valence-electron chi connectivity index (χ1n) is 7.15. The molecule has 0 radical (unpaired) electrons. The van der Waals surface area contributed by atoms with Crippen molar-refractivity contribution in [3.63, 3.8) is 0 Å². The number of aryl methyl sites for hydroxylation is 1. The predicted molar refractivity (Wildman–Crippen MR) is 76.6 cm³/mol. The van der Waals surface area contributed by atoms with Crippen LogP contribution in [0, 0.1) is 12.7 Å². The largest absolute Gasteiger partial charge is 0.327 e. The number of hydrogen-bond acceptors (Lipinski definition) is 3. The van der Waals surface area contributed by atoms with Crippen LogP contribution in [0.4, 0.5) is 14.9 Å². The van der Waals surface area contributed by atoms with E-state index in [9.17, 15) is 18.8 Å². The van der Waals surface area contributed by atoms with Crippen LogP contribution >= 0.6 is 0 Å². The Morgan fingerprint density at radius 3 is 2.91 bits per heavy atom. The van der Waals surface area contributed by atoms with Crippen molar-refractivity contribution in [2.24, 2.45) is 0 Å². The molecule has 7 heteroatoms. The second-order valence-electron chi connectivity index (χ2n) is 5.57. The average Bonchev–Trinajstić information content (AvgIpc) is 3.03. The highest BCUT2D eigenvalue weighted by molar-refractivity contribution is 6.08. The predicted octanol–water partition coefficient (Wildman–Crippen LogP) is 1.50. The Labute approximate surface area is 126 Å². The van der Waals surface area contributed by atoms with E-state index in [2.05, 4.69) is 5.32 Å². The fourth-order valence-corrected chi connectivity index (χ4v) is 2.89. The SMILES string of the molecule is Cc1ccc(F)cc1NC(=O)CN1C(=O)C2CCCN2C1=O. The number of carbonyl (C=O) groups excluding carboxylic acids is 3. The monoisotopic (exact) mass is 305 g/mol. The zero-order chi connectivity index (χ0) is 15.9. The summed E-state index contributed by atoms with van der Waals surface area (Å²) in [7, 11) is 0. The van der Waals surface area contributed by atoms with Crippen LogP contribution < -0.4 is 5.32 Å². The van der Waals surface area contributed by atoms with E-state index in [4.69, 9.17) is 0 Å². The molecule has 1 aromatic rings. The van der Waals surface area contributed by atoms with Gasteiger partial charge in [-0.2, -0.15) is 0 Å². The summed E-state index contributed by atoms with van der Waals surface area (Å²) in [5.74, 6) is -1.31. The van der Waals surface area contributed by atoms with Gasteiger partial charge in [0.25, 0.3) is 5.91 Å². The molecule has 0 spiro atoms. The van der Waals surface area contributed by atoms with Gasteiger partial charge in [0.1, 0.15) is 18.4 Å². The van der Waals surface area contributed by atoms with Crippen LogP contribution in [0.5, 0.6) is 0 Å². The van der Waals surface area contributed by atoms with E-state index in [0.29, 0.717) is 24.2 Å². The maximum atomic E-state index is 13.2. The van der Waals surface area contributed by atoms with Gasteiger partial charge in [0, 0.05) is 12.2 Å². The third kappa shape index (κ3) is 2.43. The van der Waals surface area contributed by atoms with Gasteiger partial charge >= 0.3 is 6.03 Å². The fraction of sp³-hybridized carbons (Fsp3) is 0.400. The Morgan fingerprint density at radius 1 is 1.41 bits per heavy atom. The number of nitrogens with one attached hydrogen (secondary N) is 1. The number of fused-ring (bicyclic) bond motifs is 1. The number of imide groups is 1. The second kappa shape index (κ2) is 5.40. The molecule has 0 saturated carbocycles. The number of anilines is 1. The van der Waals surface area contributed by atoms with Crippen molar-refractivity contribution in [1.82, 2.24) is 9.80 Å². The molecule has 0 aromatic heterocycles. The van der Waals surface area contributed by atoms with Crippen molar-refractivity contribution >= 4 is 23.5 Å². The van der Waals surface area contributed by atoms with Gasteiger partial charge in [0.2, 0.25) is 5.91 Å². The Bertz CT molecular complexity index is 639. The molecule has 22 heavy (non-hydrogen) atoms. The van der Waals surface area contributed by atoms with Gasteiger partial charge < -0.3 is 10.2 Å². The first-order valence-corrected chi connectivity index (χ1v) is 7.15. The van der Waals surface area contributed by atoms with Crippen molar-refractivity contribution < 1.29 is 18.8 Å². The lowest BCUT2D eigenvalue weighted by molar-refractivity contribution is -0.131. The van der Waals surface area contributed by atoms with Crippen LogP contribution in [0.3, 0.4) is 0 Å². The average molecular weight is 305 g/mol. The summed E-state index contributed by atoms with van der Waals surface area (Å²) in [5, 5.41) is 2.54. The number of benzene rings is 1. The number of nitrogens with zero attached hydrogens (tertiary/aromatic N) is 2. The highest BCUT2D eigenvalue weighted by Gasteiger charge is 2.47. The summed E-state index contributed by atoms with van der Waals surface area (Å²) in [6.07, 6.45) is 1.45. The van der Waals surface area contributed by atoms with E-state index in [1.54, 1.807) is 13.0 Å². The Hall–Kier alpha value is -2.44. The minimum atomic E-state index is -0.517. The lowest BCUT2D eigenvalue weighted by atomic mass is 10.2. The quantitative estimate of drug-likeness (QED) is 0.860. The summed E-state index contributed by atoms with van der Waals surface area (Å²) in [6.45, 7) is 1.94. The van der Waals surface area contributed by atoms with Crippen LogP contribution in [-0.2, 0) is 9.59 Å². The van der Waals surface area contributed by atoms with Crippen LogP contribution in [0.1, 0.15) is 18.4 Å². The normalized spacial score (nSPS) is 20.5. The minimum absolute atomic E-state index is 0.325. The second-order valence-corrected chi connectivity index (χ2v) is 5.57. The van der Waals surface area contributed by atoms with Crippen LogP contribution in [-0.4, -0.2) is 46.8 Å². The lowest BCUT2D eigenvalue weighted by Gasteiger charge is -2.15. The molecular weight excluding hydrogens is 289 g/mol. The lowest BCUT2D eigenvalue weighted by Crippen LogP contribution is -2.39. The smallest absolute Gasteiger partial charge is 0.324 e. The van der Waals surface area contributed by atoms with E-state index in [0.717, 1.165) is 11.3 Å². The number of urea groups is 1. The molecule has 2 saturated heterocycles. The molecule has 1 atom stereocenters. The summed E-state index contributed by atoms with van der Waals surface area (Å²) in [4.78, 5) is 38.7. The van der Waals surface area contributed by atoms with Gasteiger partial charge in [-0.15, -0.1) is 0 Å². The molecule has 6 nitrogen and oxygen atoms in total. The maximum absolute atomic E-state index is 13.2. The zero-order valence-corrected chi connectivity index (χ0v) is 12.1. The third-order valence-electron chi connectivity index (χ3n) is 4.06. The molecule has 1 aromatic carbocycles. The van der Waals surface area contributed by atoms with E-state index < -0.39 is 23.8 Å². The number of rotatable bonds is 3. The molecular formula is C15H16FN3O3. The molecule has 116 valence electrons. The van der Waals surface area contributed by atoms with Crippen molar-refractivity contribution in [3.05, 3.63) is 29.6 Å². The Kier molecular flexibility index (Phi) is 3.56. The maximum Gasteiger partial charge on any atom is 0.327 e. The first kappa shape index (κ1) is 14.5. The van der Waals surface area contributed by atoms with Gasteiger partial charge in [0.15, 0.2) is 0 Å². The van der Waals surface area contributed by atoms with Gasteiger partial charge in [-0.1, -0.05) is 6.07 Å². The Morgan fingerprint density at radius 2 is 2.18 bits per heavy atom. The molecule has 1 N–H and O–H groups in total. The molecule has 4 amide bonds. The molecule has 0 bridgehead atoms. The number of amides is 4. The van der Waals surface area contributed by atoms with Gasteiger partial charge in [-0.05, 0) is 37.5 Å². The van der Waals surface area contributed by atoms with Crippen molar-refractivity contribution in [1.29, 1.82) is 0 Å². The van der Waals surface area contributed by atoms with Crippen molar-refractivity contribution in [2.45, 2.75) is 25.8 Å². The topological polar surface area (TPSA) is 69.7 Å². The third-order valence-corrected chi connectivity index (χ3v) is 4.06. The van der Waals surface area contributed by atoms with E-state index in [-0.39, 0.29) is 12.5 Å². The van der Waals surface area contributed by atoms with Gasteiger partial charge in [-0.3, -0.25) is 14.5 Å². The van der Waals surface area contributed by atoms with E-state index >= 15 is 0 Å². The molecule has 2 aliphatic heterocycles. The Balaban J connectivity index is 1.68. The summed E-state index contributed by atoms with van der Waals surface area (Å²) in [6, 6.07) is 3.22. The van der Waals surface area contributed by atoms with Gasteiger partial charge in [-0.25, -0.2) is 9.18 Å². The summed E-state index contributed by atoms with van der Waals surface area (Å²) < 4.78 is 13.2. The fourth-order valence-electron chi connectivity index (χ4n) is 2.89. The summed E-state index contributed by atoms with van der Waals surface area (Å²) >= 11 is 0. The molecule has 0 aliphatic carbocycles. The minimum Gasteiger partial charge on any atom is -0.324 e. The van der Waals surface area contributed by atoms with E-state index in [1.807, 2.05) is 0 Å². The molecule has 1 unspecified atom stereocenters. The van der Waals surface area contributed by atoms with Crippen LogP contribution in [0.2, 0.25) is 0 Å². The van der Waals surface area contributed by atoms with Gasteiger partial charge in [0.05, 0.1) is 0 Å². The number of halogens is 1. The van der Waals surface area contributed by atoms with Crippen LogP contribution in [0.25, 0.3) is 0 Å². The van der Waals surface area contributed by atoms with E-state index in [1.165, 1.54) is 17.0 Å². The highest BCUT2D eigenvalue weighted by atomic mass is 19.1. The molecule has 2 heterocycles. The molecule has 2 fully saturated rings. The zero-order valence-electron chi connectivity index (χ0n) is 12.1. The molecule has 3 rings (SSSR count). The first-order chi connectivity index (χ1) is 10.5. The van der Waals surface area contributed by atoms with Crippen molar-refractivity contribution in [3.8, 4) is 0 Å². The number of hydrogen-bond donors (Lipinski definition) is 1.